The van der Waals surface area contributed by atoms with Crippen LogP contribution in [-0.2, 0) is 22.9 Å². The standard InChI is InChI=1S/C24H21F2N3O4S/c1-14(16-9-4-7-15-6-2-3-8-17(15)16)29-19-12-18(25)21(13-20(19)33-24(29)30)34(31,32)28-23-11-5-10-22(26)27-23/h4-5,7,9-14H,2-3,6,8H2,1H3,(H,27,28)/t14-/m1/s1. The number of sulfonamides is 1. The van der Waals surface area contributed by atoms with Crippen molar-refractivity contribution in [3.05, 3.63) is 87.5 Å². The summed E-state index contributed by atoms with van der Waals surface area (Å²) in [5.41, 5.74) is 3.46. The van der Waals surface area contributed by atoms with Crippen molar-refractivity contribution in [2.75, 3.05) is 4.72 Å². The van der Waals surface area contributed by atoms with Crippen LogP contribution in [0.3, 0.4) is 0 Å². The van der Waals surface area contributed by atoms with Crippen LogP contribution in [0.5, 0.6) is 0 Å². The summed E-state index contributed by atoms with van der Waals surface area (Å²) in [7, 11) is -4.47. The number of aryl methyl sites for hydroxylation is 1. The first-order valence-corrected chi connectivity index (χ1v) is 12.3. The van der Waals surface area contributed by atoms with Crippen LogP contribution in [0.4, 0.5) is 14.6 Å². The van der Waals surface area contributed by atoms with Gasteiger partial charge < -0.3 is 4.42 Å². The van der Waals surface area contributed by atoms with E-state index in [1.165, 1.54) is 27.8 Å². The number of oxazole rings is 1. The van der Waals surface area contributed by atoms with E-state index in [0.29, 0.717) is 0 Å². The van der Waals surface area contributed by atoms with Gasteiger partial charge in [-0.1, -0.05) is 24.3 Å². The zero-order chi connectivity index (χ0) is 24.0. The lowest BCUT2D eigenvalue weighted by Crippen LogP contribution is -2.21. The number of fused-ring (bicyclic) bond motifs is 2. The SMILES string of the molecule is C[C@H](c1cccc2c1CCCC2)n1c(=O)oc2cc(S(=O)(=O)Nc3cccc(F)n3)c(F)cc21. The fourth-order valence-corrected chi connectivity index (χ4v) is 5.68. The Morgan fingerprint density at radius 1 is 1.09 bits per heavy atom. The van der Waals surface area contributed by atoms with Crippen LogP contribution < -0.4 is 10.5 Å². The van der Waals surface area contributed by atoms with E-state index in [1.807, 2.05) is 23.8 Å². The molecule has 1 aliphatic rings. The molecule has 0 saturated carbocycles. The molecule has 0 radical (unpaired) electrons. The molecule has 10 heteroatoms. The lowest BCUT2D eigenvalue weighted by molar-refractivity contribution is 0.487. The summed E-state index contributed by atoms with van der Waals surface area (Å²) in [4.78, 5) is 15.5. The summed E-state index contributed by atoms with van der Waals surface area (Å²) in [6, 6.07) is 11.0. The fraction of sp³-hybridized carbons (Fsp3) is 0.250. The maximum atomic E-state index is 15.1. The van der Waals surface area contributed by atoms with Crippen LogP contribution in [-0.4, -0.2) is 18.0 Å². The molecule has 4 aromatic rings. The van der Waals surface area contributed by atoms with Crippen molar-refractivity contribution in [2.24, 2.45) is 0 Å². The van der Waals surface area contributed by atoms with Crippen molar-refractivity contribution in [2.45, 2.75) is 43.5 Å². The van der Waals surface area contributed by atoms with E-state index in [4.69, 9.17) is 4.42 Å². The summed E-state index contributed by atoms with van der Waals surface area (Å²) in [6.45, 7) is 1.83. The highest BCUT2D eigenvalue weighted by molar-refractivity contribution is 7.92. The van der Waals surface area contributed by atoms with E-state index < -0.39 is 38.5 Å². The van der Waals surface area contributed by atoms with Gasteiger partial charge in [-0.05, 0) is 61.4 Å². The van der Waals surface area contributed by atoms with Gasteiger partial charge in [0.15, 0.2) is 5.58 Å². The van der Waals surface area contributed by atoms with Crippen molar-refractivity contribution >= 4 is 26.9 Å². The number of nitrogens with one attached hydrogen (secondary N) is 1. The van der Waals surface area contributed by atoms with E-state index >= 15 is 4.39 Å². The summed E-state index contributed by atoms with van der Waals surface area (Å²) in [5.74, 6) is -2.99. The zero-order valence-corrected chi connectivity index (χ0v) is 19.0. The van der Waals surface area contributed by atoms with Gasteiger partial charge in [-0.25, -0.2) is 22.6 Å². The highest BCUT2D eigenvalue weighted by Crippen LogP contribution is 2.32. The highest BCUT2D eigenvalue weighted by atomic mass is 32.2. The topological polar surface area (TPSA) is 94.2 Å². The van der Waals surface area contributed by atoms with Gasteiger partial charge in [-0.3, -0.25) is 9.29 Å². The number of hydrogen-bond donors (Lipinski definition) is 1. The molecule has 176 valence electrons. The minimum atomic E-state index is -4.47. The van der Waals surface area contributed by atoms with Crippen LogP contribution in [0.25, 0.3) is 11.1 Å². The molecule has 0 aliphatic heterocycles. The number of aromatic nitrogens is 2. The first-order valence-electron chi connectivity index (χ1n) is 10.9. The monoisotopic (exact) mass is 485 g/mol. The van der Waals surface area contributed by atoms with E-state index in [-0.39, 0.29) is 16.9 Å². The second-order valence-electron chi connectivity index (χ2n) is 8.31. The molecule has 0 amide bonds. The predicted octanol–water partition coefficient (Wildman–Crippen LogP) is 4.56. The number of anilines is 1. The molecule has 1 N–H and O–H groups in total. The Morgan fingerprint density at radius 3 is 2.65 bits per heavy atom. The summed E-state index contributed by atoms with van der Waals surface area (Å²) in [6.07, 6.45) is 4.04. The average Bonchev–Trinajstić information content (AvgIpc) is 3.12. The lowest BCUT2D eigenvalue weighted by atomic mass is 9.86. The third-order valence-electron chi connectivity index (χ3n) is 6.18. The van der Waals surface area contributed by atoms with Crippen LogP contribution in [0, 0.1) is 11.8 Å². The molecule has 1 atom stereocenters. The largest absolute Gasteiger partial charge is 0.420 e. The number of hydrogen-bond acceptors (Lipinski definition) is 5. The van der Waals surface area contributed by atoms with Crippen molar-refractivity contribution in [3.8, 4) is 0 Å². The minimum absolute atomic E-state index is 0.0735. The second kappa shape index (κ2) is 8.35. The summed E-state index contributed by atoms with van der Waals surface area (Å²) >= 11 is 0. The predicted molar refractivity (Wildman–Crippen MR) is 122 cm³/mol. The smallest absolute Gasteiger partial charge is 0.408 e. The third kappa shape index (κ3) is 3.87. The van der Waals surface area contributed by atoms with Crippen LogP contribution in [0.2, 0.25) is 0 Å². The summed E-state index contributed by atoms with van der Waals surface area (Å²) < 4.78 is 62.6. The van der Waals surface area contributed by atoms with Crippen LogP contribution in [0.1, 0.15) is 42.5 Å². The van der Waals surface area contributed by atoms with Crippen molar-refractivity contribution in [1.29, 1.82) is 0 Å². The van der Waals surface area contributed by atoms with Gasteiger partial charge in [-0.15, -0.1) is 0 Å². The molecule has 34 heavy (non-hydrogen) atoms. The van der Waals surface area contributed by atoms with Crippen LogP contribution in [0.15, 0.2) is 62.6 Å². The number of nitrogens with zero attached hydrogens (tertiary/aromatic N) is 2. The molecule has 7 nitrogen and oxygen atoms in total. The molecule has 0 unspecified atom stereocenters. The van der Waals surface area contributed by atoms with Gasteiger partial charge in [0.1, 0.15) is 16.5 Å². The molecule has 0 spiro atoms. The van der Waals surface area contributed by atoms with E-state index in [2.05, 4.69) is 11.1 Å². The third-order valence-corrected chi connectivity index (χ3v) is 7.55. The molecule has 0 bridgehead atoms. The Morgan fingerprint density at radius 2 is 1.85 bits per heavy atom. The van der Waals surface area contributed by atoms with Crippen molar-refractivity contribution in [1.82, 2.24) is 9.55 Å². The molecule has 2 heterocycles. The number of pyridine rings is 1. The van der Waals surface area contributed by atoms with Gasteiger partial charge in [-0.2, -0.15) is 4.39 Å². The second-order valence-corrected chi connectivity index (χ2v) is 9.96. The Kier molecular flexibility index (Phi) is 5.47. The molecular weight excluding hydrogens is 464 g/mol. The van der Waals surface area contributed by atoms with Crippen LogP contribution >= 0.6 is 0 Å². The maximum Gasteiger partial charge on any atom is 0.420 e. The highest BCUT2D eigenvalue weighted by Gasteiger charge is 2.26. The van der Waals surface area contributed by atoms with Crippen molar-refractivity contribution < 1.29 is 21.6 Å². The molecule has 1 aliphatic carbocycles. The first kappa shape index (κ1) is 22.3. The molecule has 0 fully saturated rings. The quantitative estimate of drug-likeness (QED) is 0.419. The number of benzene rings is 2. The van der Waals surface area contributed by atoms with E-state index in [0.717, 1.165) is 49.4 Å². The van der Waals surface area contributed by atoms with E-state index in [9.17, 15) is 17.6 Å². The normalized spacial score (nSPS) is 14.7. The first-order chi connectivity index (χ1) is 16.2. The Bertz CT molecular complexity index is 1580. The van der Waals surface area contributed by atoms with Gasteiger partial charge in [0.25, 0.3) is 10.0 Å². The number of rotatable bonds is 5. The molecule has 2 aromatic carbocycles. The van der Waals surface area contributed by atoms with Gasteiger partial charge in [0.05, 0.1) is 11.6 Å². The van der Waals surface area contributed by atoms with Gasteiger partial charge in [0, 0.05) is 12.1 Å². The Hall–Kier alpha value is -3.53. The Labute approximate surface area is 194 Å². The molecule has 5 rings (SSSR count). The summed E-state index contributed by atoms with van der Waals surface area (Å²) in [5, 5.41) is 0. The molecular formula is C24H21F2N3O4S. The Balaban J connectivity index is 1.58. The minimum Gasteiger partial charge on any atom is -0.408 e. The van der Waals surface area contributed by atoms with Gasteiger partial charge >= 0.3 is 5.76 Å². The zero-order valence-electron chi connectivity index (χ0n) is 18.2. The number of halogens is 2. The average molecular weight is 486 g/mol. The molecule has 2 aromatic heterocycles. The molecule has 0 saturated heterocycles. The lowest BCUT2D eigenvalue weighted by Gasteiger charge is -2.23. The van der Waals surface area contributed by atoms with Crippen molar-refractivity contribution in [3.63, 3.8) is 0 Å². The van der Waals surface area contributed by atoms with E-state index in [1.54, 1.807) is 0 Å². The van der Waals surface area contributed by atoms with Gasteiger partial charge in [0.2, 0.25) is 5.95 Å². The fourth-order valence-electron chi connectivity index (χ4n) is 4.61. The maximum absolute atomic E-state index is 15.1.